The van der Waals surface area contributed by atoms with Gasteiger partial charge in [0.1, 0.15) is 0 Å². The van der Waals surface area contributed by atoms with Gasteiger partial charge in [-0.15, -0.1) is 12.4 Å². The van der Waals surface area contributed by atoms with E-state index in [-0.39, 0.29) is 18.3 Å². The fourth-order valence-corrected chi connectivity index (χ4v) is 2.06. The van der Waals surface area contributed by atoms with Crippen molar-refractivity contribution in [2.45, 2.75) is 32.6 Å². The number of nitrogens with one attached hydrogen (secondary N) is 2. The molecule has 0 aromatic rings. The minimum atomic E-state index is 0. The van der Waals surface area contributed by atoms with Gasteiger partial charge in [0.2, 0.25) is 5.91 Å². The molecule has 1 aliphatic rings. The lowest BCUT2D eigenvalue weighted by atomic mass is 9.67. The van der Waals surface area contributed by atoms with Crippen molar-refractivity contribution < 1.29 is 9.53 Å². The van der Waals surface area contributed by atoms with Crippen molar-refractivity contribution in [2.24, 2.45) is 5.41 Å². The number of carbonyl (C=O) groups is 1. The van der Waals surface area contributed by atoms with Crippen molar-refractivity contribution in [3.05, 3.63) is 0 Å². The Morgan fingerprint density at radius 2 is 2.12 bits per heavy atom. The summed E-state index contributed by atoms with van der Waals surface area (Å²) in [6.45, 7) is 4.81. The average Bonchev–Trinajstić information content (AvgIpc) is 2.24. The maximum Gasteiger partial charge on any atom is 0.233 e. The molecule has 1 aliphatic carbocycles. The number of rotatable bonds is 8. The minimum absolute atomic E-state index is 0. The van der Waals surface area contributed by atoms with Gasteiger partial charge in [0.25, 0.3) is 0 Å². The number of hydrogen-bond acceptors (Lipinski definition) is 3. The molecule has 0 aliphatic heterocycles. The highest BCUT2D eigenvalue weighted by Crippen LogP contribution is 2.42. The molecule has 0 spiro atoms. The number of hydrogen-bond donors (Lipinski definition) is 2. The van der Waals surface area contributed by atoms with Gasteiger partial charge in [0.15, 0.2) is 0 Å². The van der Waals surface area contributed by atoms with E-state index in [9.17, 15) is 4.79 Å². The summed E-state index contributed by atoms with van der Waals surface area (Å²) in [7, 11) is 1.66. The van der Waals surface area contributed by atoms with Gasteiger partial charge < -0.3 is 15.4 Å². The SMILES string of the molecule is CCC1(CNC(=O)CNCCOC)CCC1.Cl. The third-order valence-electron chi connectivity index (χ3n) is 3.59. The quantitative estimate of drug-likeness (QED) is 0.651. The van der Waals surface area contributed by atoms with Crippen molar-refractivity contribution in [3.63, 3.8) is 0 Å². The van der Waals surface area contributed by atoms with Crippen LogP contribution in [0.25, 0.3) is 0 Å². The Bertz CT molecular complexity index is 215. The summed E-state index contributed by atoms with van der Waals surface area (Å²) >= 11 is 0. The average molecular weight is 265 g/mol. The van der Waals surface area contributed by atoms with Crippen LogP contribution in [0, 0.1) is 5.41 Å². The molecule has 4 nitrogen and oxygen atoms in total. The van der Waals surface area contributed by atoms with Crippen molar-refractivity contribution >= 4 is 18.3 Å². The summed E-state index contributed by atoms with van der Waals surface area (Å²) in [4.78, 5) is 11.5. The molecule has 0 atom stereocenters. The van der Waals surface area contributed by atoms with Crippen LogP contribution >= 0.6 is 12.4 Å². The second-order valence-corrected chi connectivity index (χ2v) is 4.65. The Hall–Kier alpha value is -0.320. The fraction of sp³-hybridized carbons (Fsp3) is 0.917. The Morgan fingerprint density at radius 1 is 1.41 bits per heavy atom. The molecule has 0 saturated heterocycles. The van der Waals surface area contributed by atoms with Gasteiger partial charge >= 0.3 is 0 Å². The first-order valence-electron chi connectivity index (χ1n) is 6.19. The lowest BCUT2D eigenvalue weighted by Crippen LogP contribution is -2.44. The van der Waals surface area contributed by atoms with Crippen LogP contribution in [0.15, 0.2) is 0 Å². The van der Waals surface area contributed by atoms with Crippen LogP contribution in [0.5, 0.6) is 0 Å². The zero-order valence-electron chi connectivity index (χ0n) is 10.9. The van der Waals surface area contributed by atoms with Crippen LogP contribution in [-0.2, 0) is 9.53 Å². The molecule has 1 rings (SSSR count). The molecule has 102 valence electrons. The van der Waals surface area contributed by atoms with E-state index in [4.69, 9.17) is 4.74 Å². The van der Waals surface area contributed by atoms with Gasteiger partial charge in [-0.05, 0) is 24.7 Å². The van der Waals surface area contributed by atoms with Crippen LogP contribution in [0.1, 0.15) is 32.6 Å². The first-order valence-corrected chi connectivity index (χ1v) is 6.19. The number of carbonyl (C=O) groups excluding carboxylic acids is 1. The molecule has 0 aromatic heterocycles. The molecule has 0 unspecified atom stereocenters. The third kappa shape index (κ3) is 5.70. The van der Waals surface area contributed by atoms with Crippen molar-refractivity contribution in [1.29, 1.82) is 0 Å². The molecule has 0 aromatic carbocycles. The van der Waals surface area contributed by atoms with Gasteiger partial charge in [-0.25, -0.2) is 0 Å². The van der Waals surface area contributed by atoms with Gasteiger partial charge in [-0.2, -0.15) is 0 Å². The third-order valence-corrected chi connectivity index (χ3v) is 3.59. The summed E-state index contributed by atoms with van der Waals surface area (Å²) < 4.78 is 4.89. The number of amides is 1. The van der Waals surface area contributed by atoms with Crippen molar-refractivity contribution in [1.82, 2.24) is 10.6 Å². The highest BCUT2D eigenvalue weighted by Gasteiger charge is 2.34. The Morgan fingerprint density at radius 3 is 2.59 bits per heavy atom. The van der Waals surface area contributed by atoms with E-state index in [1.807, 2.05) is 0 Å². The lowest BCUT2D eigenvalue weighted by molar-refractivity contribution is -0.121. The Kier molecular flexibility index (Phi) is 8.56. The zero-order chi connectivity index (χ0) is 11.9. The summed E-state index contributed by atoms with van der Waals surface area (Å²) in [5.74, 6) is 0.0934. The topological polar surface area (TPSA) is 50.4 Å². The van der Waals surface area contributed by atoms with Crippen molar-refractivity contribution in [3.8, 4) is 0 Å². The predicted octanol–water partition coefficient (Wildman–Crippen LogP) is 1.34. The second kappa shape index (κ2) is 8.72. The molecule has 0 heterocycles. The summed E-state index contributed by atoms with van der Waals surface area (Å²) in [5.41, 5.74) is 0.405. The molecular formula is C12H25ClN2O2. The van der Waals surface area contributed by atoms with Crippen LogP contribution in [0.4, 0.5) is 0 Å². The first-order chi connectivity index (χ1) is 7.72. The van der Waals surface area contributed by atoms with Gasteiger partial charge in [0, 0.05) is 20.2 Å². The molecule has 0 radical (unpaired) electrons. The van der Waals surface area contributed by atoms with Gasteiger partial charge in [-0.3, -0.25) is 4.79 Å². The lowest BCUT2D eigenvalue weighted by Gasteiger charge is -2.41. The monoisotopic (exact) mass is 264 g/mol. The largest absolute Gasteiger partial charge is 0.383 e. The van der Waals surface area contributed by atoms with E-state index < -0.39 is 0 Å². The fourth-order valence-electron chi connectivity index (χ4n) is 2.06. The van der Waals surface area contributed by atoms with E-state index in [1.54, 1.807) is 7.11 Å². The van der Waals surface area contributed by atoms with E-state index >= 15 is 0 Å². The zero-order valence-corrected chi connectivity index (χ0v) is 11.7. The molecule has 0 bridgehead atoms. The number of halogens is 1. The van der Waals surface area contributed by atoms with Crippen LogP contribution in [0.2, 0.25) is 0 Å². The van der Waals surface area contributed by atoms with E-state index in [0.717, 1.165) is 13.1 Å². The van der Waals surface area contributed by atoms with Crippen LogP contribution < -0.4 is 10.6 Å². The normalized spacial score (nSPS) is 16.8. The number of ether oxygens (including phenoxy) is 1. The maximum atomic E-state index is 11.5. The maximum absolute atomic E-state index is 11.5. The van der Waals surface area contributed by atoms with Gasteiger partial charge in [0.05, 0.1) is 13.2 Å². The Balaban J connectivity index is 0.00000256. The smallest absolute Gasteiger partial charge is 0.233 e. The van der Waals surface area contributed by atoms with E-state index in [2.05, 4.69) is 17.6 Å². The molecule has 2 N–H and O–H groups in total. The molecule has 17 heavy (non-hydrogen) atoms. The Labute approximate surface area is 110 Å². The summed E-state index contributed by atoms with van der Waals surface area (Å²) in [5, 5.41) is 6.05. The molecule has 1 saturated carbocycles. The standard InChI is InChI=1S/C12H24N2O2.ClH/c1-3-12(5-4-6-12)10-14-11(15)9-13-7-8-16-2;/h13H,3-10H2,1-2H3,(H,14,15);1H. The van der Waals surface area contributed by atoms with Crippen LogP contribution in [0.3, 0.4) is 0 Å². The van der Waals surface area contributed by atoms with Crippen molar-refractivity contribution in [2.75, 3.05) is 33.4 Å². The molecular weight excluding hydrogens is 240 g/mol. The first kappa shape index (κ1) is 16.7. The molecule has 1 amide bonds. The van der Waals surface area contributed by atoms with Crippen LogP contribution in [-0.4, -0.2) is 39.3 Å². The number of methoxy groups -OCH3 is 1. The minimum Gasteiger partial charge on any atom is -0.383 e. The summed E-state index contributed by atoms with van der Waals surface area (Å²) in [6.07, 6.45) is 5.02. The second-order valence-electron chi connectivity index (χ2n) is 4.65. The van der Waals surface area contributed by atoms with E-state index in [0.29, 0.717) is 18.6 Å². The highest BCUT2D eigenvalue weighted by atomic mass is 35.5. The molecule has 1 fully saturated rings. The van der Waals surface area contributed by atoms with Gasteiger partial charge in [-0.1, -0.05) is 13.3 Å². The highest BCUT2D eigenvalue weighted by molar-refractivity contribution is 5.85. The predicted molar refractivity (Wildman–Crippen MR) is 71.6 cm³/mol. The summed E-state index contributed by atoms with van der Waals surface area (Å²) in [6, 6.07) is 0. The van der Waals surface area contributed by atoms with E-state index in [1.165, 1.54) is 25.7 Å². The molecule has 5 heteroatoms.